The van der Waals surface area contributed by atoms with Gasteiger partial charge in [0, 0.05) is 29.9 Å². The lowest BCUT2D eigenvalue weighted by Crippen LogP contribution is -2.39. The van der Waals surface area contributed by atoms with Gasteiger partial charge in [-0.1, -0.05) is 12.1 Å². The highest BCUT2D eigenvalue weighted by Gasteiger charge is 2.25. The fourth-order valence-corrected chi connectivity index (χ4v) is 3.73. The molecular formula is C26H25N3O6. The minimum Gasteiger partial charge on any atom is -0.494 e. The molecule has 0 radical (unpaired) electrons. The number of carbonyl (C=O) groups excluding carboxylic acids is 2. The molecule has 0 bridgehead atoms. The number of nitrogens with one attached hydrogen (secondary N) is 1. The zero-order valence-corrected chi connectivity index (χ0v) is 19.2. The largest absolute Gasteiger partial charge is 0.494 e. The normalized spacial score (nSPS) is 12.5. The van der Waals surface area contributed by atoms with Crippen LogP contribution in [0.25, 0.3) is 0 Å². The molecule has 1 N–H and O–H groups in total. The standard InChI is InChI=1S/C26H25N3O6/c1-18-5-4-6-22(15-18)34-14-3-2-13-28-23-16-20(9-12-24(23)35-17-25(28)30)27-26(31)19-7-10-21(11-8-19)29(32)33/h4-12,15-16H,2-3,13-14,17H2,1H3,(H,27,31). The van der Waals surface area contributed by atoms with Crippen LogP contribution >= 0.6 is 0 Å². The van der Waals surface area contributed by atoms with E-state index >= 15 is 0 Å². The number of anilines is 2. The van der Waals surface area contributed by atoms with E-state index in [9.17, 15) is 19.7 Å². The lowest BCUT2D eigenvalue weighted by atomic mass is 10.1. The Hall–Kier alpha value is -4.40. The first-order valence-electron chi connectivity index (χ1n) is 11.2. The van der Waals surface area contributed by atoms with E-state index in [2.05, 4.69) is 5.32 Å². The van der Waals surface area contributed by atoms with Gasteiger partial charge in [0.15, 0.2) is 6.61 Å². The van der Waals surface area contributed by atoms with Gasteiger partial charge < -0.3 is 19.7 Å². The Kier molecular flexibility index (Phi) is 7.25. The molecule has 35 heavy (non-hydrogen) atoms. The van der Waals surface area contributed by atoms with Crippen LogP contribution in [0.5, 0.6) is 11.5 Å². The molecule has 1 aliphatic heterocycles. The molecule has 4 rings (SSSR count). The second-order valence-corrected chi connectivity index (χ2v) is 8.15. The molecule has 0 saturated heterocycles. The third-order valence-electron chi connectivity index (χ3n) is 5.53. The molecule has 3 aromatic carbocycles. The first-order valence-corrected chi connectivity index (χ1v) is 11.2. The van der Waals surface area contributed by atoms with Crippen molar-refractivity contribution < 1.29 is 24.0 Å². The molecule has 2 amide bonds. The van der Waals surface area contributed by atoms with Gasteiger partial charge in [-0.05, 0) is 67.8 Å². The van der Waals surface area contributed by atoms with Crippen LogP contribution in [0.15, 0.2) is 66.7 Å². The van der Waals surface area contributed by atoms with Crippen LogP contribution < -0.4 is 19.7 Å². The van der Waals surface area contributed by atoms with E-state index in [4.69, 9.17) is 9.47 Å². The summed E-state index contributed by atoms with van der Waals surface area (Å²) in [5.74, 6) is 0.818. The monoisotopic (exact) mass is 475 g/mol. The zero-order valence-electron chi connectivity index (χ0n) is 19.2. The third-order valence-corrected chi connectivity index (χ3v) is 5.53. The Morgan fingerprint density at radius 1 is 1.11 bits per heavy atom. The molecule has 9 heteroatoms. The summed E-state index contributed by atoms with van der Waals surface area (Å²) in [6.45, 7) is 3.00. The van der Waals surface area contributed by atoms with Crippen molar-refractivity contribution in [1.82, 2.24) is 0 Å². The highest BCUT2D eigenvalue weighted by molar-refractivity contribution is 6.05. The van der Waals surface area contributed by atoms with Gasteiger partial charge in [0.1, 0.15) is 11.5 Å². The molecule has 0 unspecified atom stereocenters. The van der Waals surface area contributed by atoms with Crippen molar-refractivity contribution in [3.8, 4) is 11.5 Å². The summed E-state index contributed by atoms with van der Waals surface area (Å²) in [5.41, 5.74) is 2.40. The van der Waals surface area contributed by atoms with E-state index in [1.54, 1.807) is 23.1 Å². The zero-order chi connectivity index (χ0) is 24.8. The molecule has 1 aliphatic rings. The Morgan fingerprint density at radius 2 is 1.91 bits per heavy atom. The van der Waals surface area contributed by atoms with Crippen LogP contribution in [0, 0.1) is 17.0 Å². The van der Waals surface area contributed by atoms with Gasteiger partial charge in [0.25, 0.3) is 17.5 Å². The number of carbonyl (C=O) groups is 2. The molecule has 0 spiro atoms. The van der Waals surface area contributed by atoms with E-state index in [0.717, 1.165) is 24.2 Å². The lowest BCUT2D eigenvalue weighted by molar-refractivity contribution is -0.384. The third kappa shape index (κ3) is 5.94. The van der Waals surface area contributed by atoms with Gasteiger partial charge in [-0.3, -0.25) is 19.7 Å². The molecule has 0 aromatic heterocycles. The summed E-state index contributed by atoms with van der Waals surface area (Å²) < 4.78 is 11.3. The number of nitrogens with zero attached hydrogens (tertiary/aromatic N) is 2. The van der Waals surface area contributed by atoms with Crippen LogP contribution in [-0.2, 0) is 4.79 Å². The molecule has 1 heterocycles. The van der Waals surface area contributed by atoms with Crippen molar-refractivity contribution in [2.75, 3.05) is 30.0 Å². The van der Waals surface area contributed by atoms with E-state index in [0.29, 0.717) is 30.3 Å². The number of unbranched alkanes of at least 4 members (excludes halogenated alkanes) is 1. The summed E-state index contributed by atoms with van der Waals surface area (Å²) in [7, 11) is 0. The number of rotatable bonds is 9. The smallest absolute Gasteiger partial charge is 0.269 e. The van der Waals surface area contributed by atoms with Crippen LogP contribution in [0.1, 0.15) is 28.8 Å². The van der Waals surface area contributed by atoms with Gasteiger partial charge in [-0.25, -0.2) is 0 Å². The Bertz CT molecular complexity index is 1240. The number of amides is 2. The Balaban J connectivity index is 1.37. The topological polar surface area (TPSA) is 111 Å². The number of nitro benzene ring substituents is 1. The van der Waals surface area contributed by atoms with Crippen LogP contribution in [0.4, 0.5) is 17.1 Å². The summed E-state index contributed by atoms with van der Waals surface area (Å²) in [4.78, 5) is 37.1. The van der Waals surface area contributed by atoms with Crippen molar-refractivity contribution in [1.29, 1.82) is 0 Å². The highest BCUT2D eigenvalue weighted by atomic mass is 16.6. The maximum atomic E-state index is 12.6. The number of fused-ring (bicyclic) bond motifs is 1. The van der Waals surface area contributed by atoms with E-state index in [1.165, 1.54) is 24.3 Å². The maximum Gasteiger partial charge on any atom is 0.269 e. The number of hydrogen-bond donors (Lipinski definition) is 1. The average molecular weight is 476 g/mol. The molecule has 180 valence electrons. The van der Waals surface area contributed by atoms with Crippen LogP contribution in [0.2, 0.25) is 0 Å². The minimum atomic E-state index is -0.522. The average Bonchev–Trinajstić information content (AvgIpc) is 2.85. The fourth-order valence-electron chi connectivity index (χ4n) is 3.73. The summed E-state index contributed by atoms with van der Waals surface area (Å²) >= 11 is 0. The molecule has 3 aromatic rings. The van der Waals surface area contributed by atoms with Crippen LogP contribution in [0.3, 0.4) is 0 Å². The van der Waals surface area contributed by atoms with E-state index < -0.39 is 10.8 Å². The number of non-ortho nitro benzene ring substituents is 1. The van der Waals surface area contributed by atoms with Gasteiger partial charge >= 0.3 is 0 Å². The minimum absolute atomic E-state index is 0.0404. The summed E-state index contributed by atoms with van der Waals surface area (Å²) in [6, 6.07) is 18.3. The molecule has 0 fully saturated rings. The van der Waals surface area contributed by atoms with E-state index in [-0.39, 0.29) is 23.8 Å². The number of hydrogen-bond acceptors (Lipinski definition) is 6. The quantitative estimate of drug-likeness (QED) is 0.272. The number of ether oxygens (including phenoxy) is 2. The number of benzene rings is 3. The fraction of sp³-hybridized carbons (Fsp3) is 0.231. The van der Waals surface area contributed by atoms with Gasteiger partial charge in [-0.15, -0.1) is 0 Å². The van der Waals surface area contributed by atoms with Crippen molar-refractivity contribution in [2.24, 2.45) is 0 Å². The predicted molar refractivity (Wildman–Crippen MR) is 131 cm³/mol. The SMILES string of the molecule is Cc1cccc(OCCCCN2C(=O)COc3ccc(NC(=O)c4ccc([N+](=O)[O-])cc4)cc32)c1. The second kappa shape index (κ2) is 10.7. The Morgan fingerprint density at radius 3 is 2.66 bits per heavy atom. The van der Waals surface area contributed by atoms with Gasteiger partial charge in [0.05, 0.1) is 17.2 Å². The number of nitro groups is 1. The van der Waals surface area contributed by atoms with Gasteiger partial charge in [0.2, 0.25) is 0 Å². The molecule has 9 nitrogen and oxygen atoms in total. The van der Waals surface area contributed by atoms with Crippen molar-refractivity contribution >= 4 is 28.9 Å². The maximum absolute atomic E-state index is 12.6. The van der Waals surface area contributed by atoms with Crippen LogP contribution in [-0.4, -0.2) is 36.5 Å². The molecular weight excluding hydrogens is 450 g/mol. The highest BCUT2D eigenvalue weighted by Crippen LogP contribution is 2.35. The molecule has 0 atom stereocenters. The van der Waals surface area contributed by atoms with Crippen molar-refractivity contribution in [3.63, 3.8) is 0 Å². The first kappa shape index (κ1) is 23.7. The van der Waals surface area contributed by atoms with E-state index in [1.807, 2.05) is 31.2 Å². The summed E-state index contributed by atoms with van der Waals surface area (Å²) in [6.07, 6.45) is 1.50. The second-order valence-electron chi connectivity index (χ2n) is 8.15. The van der Waals surface area contributed by atoms with Gasteiger partial charge in [-0.2, -0.15) is 0 Å². The lowest BCUT2D eigenvalue weighted by Gasteiger charge is -2.30. The van der Waals surface area contributed by atoms with Crippen molar-refractivity contribution in [2.45, 2.75) is 19.8 Å². The number of aryl methyl sites for hydroxylation is 1. The molecule has 0 saturated carbocycles. The Labute approximate surface area is 202 Å². The molecule has 0 aliphatic carbocycles. The van der Waals surface area contributed by atoms with Crippen molar-refractivity contribution in [3.05, 3.63) is 88.0 Å². The first-order chi connectivity index (χ1) is 16.9. The predicted octanol–water partition coefficient (Wildman–Crippen LogP) is 4.74. The summed E-state index contributed by atoms with van der Waals surface area (Å²) in [5, 5.41) is 13.6.